The predicted molar refractivity (Wildman–Crippen MR) is 77.2 cm³/mol. The molecule has 0 aliphatic heterocycles. The fraction of sp³-hybridized carbons (Fsp3) is 0.750. The molecule has 0 aromatic carbocycles. The Hall–Kier alpha value is -1.63. The van der Waals surface area contributed by atoms with E-state index in [1.165, 1.54) is 12.8 Å². The summed E-state index contributed by atoms with van der Waals surface area (Å²) in [6.45, 7) is 5.30. The average molecular weight is 265 g/mol. The van der Waals surface area contributed by atoms with Crippen LogP contribution >= 0.6 is 0 Å². The molecule has 3 N–H and O–H groups in total. The zero-order chi connectivity index (χ0) is 14.0. The molecule has 0 radical (unpaired) electrons. The summed E-state index contributed by atoms with van der Waals surface area (Å²) in [6, 6.07) is 0.351. The van der Waals surface area contributed by atoms with Gasteiger partial charge in [0.2, 0.25) is 17.8 Å². The molecule has 106 valence electrons. The first-order valence-electron chi connectivity index (χ1n) is 6.68. The molecule has 1 aromatic rings. The highest BCUT2D eigenvalue weighted by Gasteiger charge is 2.27. The number of hydrazine groups is 1. The van der Waals surface area contributed by atoms with Gasteiger partial charge in [-0.2, -0.15) is 15.0 Å². The van der Waals surface area contributed by atoms with E-state index in [2.05, 4.69) is 39.1 Å². The Morgan fingerprint density at radius 1 is 1.21 bits per heavy atom. The zero-order valence-corrected chi connectivity index (χ0v) is 12.1. The molecule has 7 heteroatoms. The molecular formula is C12H23N7. The minimum absolute atomic E-state index is 0.351. The van der Waals surface area contributed by atoms with Gasteiger partial charge >= 0.3 is 0 Å². The van der Waals surface area contributed by atoms with Gasteiger partial charge in [-0.05, 0) is 32.6 Å². The second-order valence-corrected chi connectivity index (χ2v) is 5.49. The molecular weight excluding hydrogens is 242 g/mol. The monoisotopic (exact) mass is 265 g/mol. The number of hydrogen-bond donors (Lipinski definition) is 2. The van der Waals surface area contributed by atoms with Crippen LogP contribution in [0.4, 0.5) is 17.8 Å². The second kappa shape index (κ2) is 5.56. The van der Waals surface area contributed by atoms with Crippen LogP contribution in [0.1, 0.15) is 26.7 Å². The lowest BCUT2D eigenvalue weighted by Crippen LogP contribution is -2.35. The van der Waals surface area contributed by atoms with Crippen molar-refractivity contribution in [1.82, 2.24) is 15.0 Å². The smallest absolute Gasteiger partial charge is 0.243 e. The van der Waals surface area contributed by atoms with Crippen LogP contribution in [-0.2, 0) is 0 Å². The number of nitrogen functional groups attached to an aromatic ring is 1. The van der Waals surface area contributed by atoms with Crippen LogP contribution in [0.25, 0.3) is 0 Å². The molecule has 0 unspecified atom stereocenters. The van der Waals surface area contributed by atoms with Crippen molar-refractivity contribution in [3.63, 3.8) is 0 Å². The lowest BCUT2D eigenvalue weighted by molar-refractivity contribution is 0.625. The molecule has 0 amide bonds. The third-order valence-electron chi connectivity index (χ3n) is 3.17. The maximum absolute atomic E-state index is 5.44. The largest absolute Gasteiger partial charge is 0.347 e. The van der Waals surface area contributed by atoms with Gasteiger partial charge in [-0.15, -0.1) is 0 Å². The van der Waals surface area contributed by atoms with E-state index in [-0.39, 0.29) is 0 Å². The molecule has 1 heterocycles. The first kappa shape index (κ1) is 13.8. The second-order valence-electron chi connectivity index (χ2n) is 5.49. The van der Waals surface area contributed by atoms with Gasteiger partial charge in [-0.25, -0.2) is 5.84 Å². The minimum atomic E-state index is 0.351. The summed E-state index contributed by atoms with van der Waals surface area (Å²) in [6.07, 6.45) is 2.60. The third kappa shape index (κ3) is 3.44. The van der Waals surface area contributed by atoms with Crippen molar-refractivity contribution in [3.05, 3.63) is 0 Å². The van der Waals surface area contributed by atoms with E-state index in [0.29, 0.717) is 23.9 Å². The van der Waals surface area contributed by atoms with E-state index in [0.717, 1.165) is 12.5 Å². The summed E-state index contributed by atoms with van der Waals surface area (Å²) in [7, 11) is 3.81. The molecule has 0 bridgehead atoms. The number of anilines is 3. The normalized spacial score (nSPS) is 14.6. The Bertz CT molecular complexity index is 428. The van der Waals surface area contributed by atoms with Crippen molar-refractivity contribution in [2.45, 2.75) is 32.7 Å². The average Bonchev–Trinajstić information content (AvgIpc) is 3.18. The Kier molecular flexibility index (Phi) is 4.04. The molecule has 2 rings (SSSR count). The molecule has 0 saturated heterocycles. The van der Waals surface area contributed by atoms with Crippen LogP contribution in [0.3, 0.4) is 0 Å². The van der Waals surface area contributed by atoms with Gasteiger partial charge in [0.15, 0.2) is 0 Å². The quantitative estimate of drug-likeness (QED) is 0.582. The zero-order valence-electron chi connectivity index (χ0n) is 12.1. The Morgan fingerprint density at radius 2 is 1.84 bits per heavy atom. The molecule has 19 heavy (non-hydrogen) atoms. The van der Waals surface area contributed by atoms with E-state index in [4.69, 9.17) is 5.84 Å². The van der Waals surface area contributed by atoms with Gasteiger partial charge in [0, 0.05) is 26.7 Å². The Balaban J connectivity index is 2.30. The van der Waals surface area contributed by atoms with Crippen LogP contribution in [0.15, 0.2) is 0 Å². The minimum Gasteiger partial charge on any atom is -0.347 e. The van der Waals surface area contributed by atoms with Crippen LogP contribution in [0, 0.1) is 5.92 Å². The predicted octanol–water partition coefficient (Wildman–Crippen LogP) is 0.848. The molecule has 1 fully saturated rings. The van der Waals surface area contributed by atoms with E-state index >= 15 is 0 Å². The number of rotatable bonds is 6. The fourth-order valence-corrected chi connectivity index (χ4v) is 1.85. The van der Waals surface area contributed by atoms with Crippen molar-refractivity contribution in [3.8, 4) is 0 Å². The van der Waals surface area contributed by atoms with Gasteiger partial charge in [0.05, 0.1) is 0 Å². The van der Waals surface area contributed by atoms with Gasteiger partial charge in [0.25, 0.3) is 0 Å². The molecule has 7 nitrogen and oxygen atoms in total. The standard InChI is InChI=1S/C12H23N7/c1-8(2)19(7-9-5-6-9)12-15-10(17-13)14-11(16-12)18(3)4/h8-9H,5-7,13H2,1-4H3,(H,14,15,16,17). The van der Waals surface area contributed by atoms with Crippen molar-refractivity contribution in [1.29, 1.82) is 0 Å². The Labute approximate surface area is 114 Å². The fourth-order valence-electron chi connectivity index (χ4n) is 1.85. The first-order valence-corrected chi connectivity index (χ1v) is 6.68. The van der Waals surface area contributed by atoms with E-state index in [1.54, 1.807) is 0 Å². The number of nitrogens with one attached hydrogen (secondary N) is 1. The molecule has 1 aliphatic rings. The highest BCUT2D eigenvalue weighted by Crippen LogP contribution is 2.31. The number of nitrogens with two attached hydrogens (primary N) is 1. The first-order chi connectivity index (χ1) is 9.01. The highest BCUT2D eigenvalue weighted by atomic mass is 15.4. The SMILES string of the molecule is CC(C)N(CC1CC1)c1nc(NN)nc(N(C)C)n1. The Morgan fingerprint density at radius 3 is 2.32 bits per heavy atom. The van der Waals surface area contributed by atoms with Crippen molar-refractivity contribution < 1.29 is 0 Å². The topological polar surface area (TPSA) is 83.2 Å². The molecule has 1 aromatic heterocycles. The number of hydrogen-bond acceptors (Lipinski definition) is 7. The summed E-state index contributed by atoms with van der Waals surface area (Å²) < 4.78 is 0. The molecule has 0 spiro atoms. The maximum Gasteiger partial charge on any atom is 0.243 e. The molecule has 0 atom stereocenters. The third-order valence-corrected chi connectivity index (χ3v) is 3.17. The number of nitrogens with zero attached hydrogens (tertiary/aromatic N) is 5. The summed E-state index contributed by atoms with van der Waals surface area (Å²) in [5.41, 5.74) is 2.51. The van der Waals surface area contributed by atoms with Crippen molar-refractivity contribution in [2.75, 3.05) is 35.9 Å². The lowest BCUT2D eigenvalue weighted by atomic mass is 10.3. The summed E-state index contributed by atoms with van der Waals surface area (Å²) in [5, 5.41) is 0. The molecule has 1 saturated carbocycles. The van der Waals surface area contributed by atoms with E-state index < -0.39 is 0 Å². The van der Waals surface area contributed by atoms with Crippen LogP contribution in [0.5, 0.6) is 0 Å². The maximum atomic E-state index is 5.44. The lowest BCUT2D eigenvalue weighted by Gasteiger charge is -2.27. The van der Waals surface area contributed by atoms with Crippen LogP contribution < -0.4 is 21.1 Å². The van der Waals surface area contributed by atoms with E-state index in [1.807, 2.05) is 19.0 Å². The summed E-state index contributed by atoms with van der Waals surface area (Å²) in [4.78, 5) is 17.2. The van der Waals surface area contributed by atoms with E-state index in [9.17, 15) is 0 Å². The van der Waals surface area contributed by atoms with Crippen molar-refractivity contribution >= 4 is 17.8 Å². The van der Waals surface area contributed by atoms with Gasteiger partial charge < -0.3 is 9.80 Å². The van der Waals surface area contributed by atoms with Gasteiger partial charge in [0.1, 0.15) is 0 Å². The summed E-state index contributed by atoms with van der Waals surface area (Å²) in [5.74, 6) is 7.91. The highest BCUT2D eigenvalue weighted by molar-refractivity contribution is 5.44. The molecule has 1 aliphatic carbocycles. The summed E-state index contributed by atoms with van der Waals surface area (Å²) >= 11 is 0. The van der Waals surface area contributed by atoms with Crippen LogP contribution in [-0.4, -0.2) is 41.6 Å². The van der Waals surface area contributed by atoms with Gasteiger partial charge in [-0.1, -0.05) is 0 Å². The van der Waals surface area contributed by atoms with Gasteiger partial charge in [-0.3, -0.25) is 5.43 Å². The number of aromatic nitrogens is 3. The van der Waals surface area contributed by atoms with Crippen molar-refractivity contribution in [2.24, 2.45) is 11.8 Å². The van der Waals surface area contributed by atoms with Crippen LogP contribution in [0.2, 0.25) is 0 Å².